The first-order valence-electron chi connectivity index (χ1n) is 5.64. The van der Waals surface area contributed by atoms with E-state index in [2.05, 4.69) is 5.32 Å². The fourth-order valence-electron chi connectivity index (χ4n) is 1.44. The largest absolute Gasteiger partial charge is 0.478 e. The van der Waals surface area contributed by atoms with Crippen LogP contribution in [-0.2, 0) is 11.3 Å². The molecule has 1 rings (SSSR count). The number of aryl methyl sites for hydroxylation is 1. The van der Waals surface area contributed by atoms with Gasteiger partial charge in [-0.1, -0.05) is 0 Å². The van der Waals surface area contributed by atoms with Gasteiger partial charge in [-0.25, -0.2) is 4.79 Å². The summed E-state index contributed by atoms with van der Waals surface area (Å²) in [5.74, 6) is -0.320. The maximum atomic E-state index is 11.5. The van der Waals surface area contributed by atoms with Crippen LogP contribution in [-0.4, -0.2) is 42.5 Å². The predicted octanol–water partition coefficient (Wildman–Crippen LogP) is 0.854. The van der Waals surface area contributed by atoms with Crippen molar-refractivity contribution >= 4 is 11.9 Å². The van der Waals surface area contributed by atoms with E-state index in [0.29, 0.717) is 24.5 Å². The molecule has 0 aromatic carbocycles. The minimum Gasteiger partial charge on any atom is -0.478 e. The van der Waals surface area contributed by atoms with Crippen LogP contribution < -0.4 is 5.32 Å². The van der Waals surface area contributed by atoms with Crippen LogP contribution in [0, 0.1) is 6.92 Å². The Morgan fingerprint density at radius 2 is 2.11 bits per heavy atom. The fraction of sp³-hybridized carbons (Fsp3) is 0.500. The summed E-state index contributed by atoms with van der Waals surface area (Å²) in [6.45, 7) is 2.46. The summed E-state index contributed by atoms with van der Waals surface area (Å²) in [5.41, 5.74) is 0.132. The molecular formula is C12H18N2O4. The molecule has 0 bridgehead atoms. The number of carbonyl (C=O) groups is 2. The Hall–Kier alpha value is -1.82. The Morgan fingerprint density at radius 3 is 2.61 bits per heavy atom. The molecule has 2 N–H and O–H groups in total. The monoisotopic (exact) mass is 254 g/mol. The molecule has 0 saturated heterocycles. The van der Waals surface area contributed by atoms with Gasteiger partial charge >= 0.3 is 5.97 Å². The number of nitrogens with zero attached hydrogens (tertiary/aromatic N) is 1. The van der Waals surface area contributed by atoms with Crippen LogP contribution in [0.25, 0.3) is 0 Å². The number of amides is 1. The van der Waals surface area contributed by atoms with E-state index in [1.54, 1.807) is 6.92 Å². The summed E-state index contributed by atoms with van der Waals surface area (Å²) in [5, 5.41) is 11.5. The molecule has 0 aliphatic heterocycles. The average Bonchev–Trinajstić information content (AvgIpc) is 2.65. The van der Waals surface area contributed by atoms with E-state index in [-0.39, 0.29) is 18.0 Å². The van der Waals surface area contributed by atoms with Crippen molar-refractivity contribution in [2.45, 2.75) is 19.9 Å². The molecule has 1 amide bonds. The summed E-state index contributed by atoms with van der Waals surface area (Å²) in [6, 6.07) is 1.43. The molecule has 0 spiro atoms. The van der Waals surface area contributed by atoms with Crippen LogP contribution in [0.3, 0.4) is 0 Å². The van der Waals surface area contributed by atoms with E-state index in [1.807, 2.05) is 19.0 Å². The van der Waals surface area contributed by atoms with Gasteiger partial charge in [0.15, 0.2) is 0 Å². The topological polar surface area (TPSA) is 82.8 Å². The molecule has 1 aromatic rings. The first-order valence-corrected chi connectivity index (χ1v) is 5.64. The first-order chi connectivity index (χ1) is 8.40. The van der Waals surface area contributed by atoms with Crippen LogP contribution in [0.2, 0.25) is 0 Å². The third-order valence-corrected chi connectivity index (χ3v) is 2.45. The van der Waals surface area contributed by atoms with Crippen molar-refractivity contribution in [3.63, 3.8) is 0 Å². The Balaban J connectivity index is 2.46. The minimum atomic E-state index is -1.03. The van der Waals surface area contributed by atoms with Crippen LogP contribution >= 0.6 is 0 Å². The third kappa shape index (κ3) is 4.21. The SMILES string of the molecule is Cc1oc(CNC(=O)CCN(C)C)cc1C(=O)O. The van der Waals surface area contributed by atoms with Gasteiger partial charge in [-0.05, 0) is 27.1 Å². The second-order valence-electron chi connectivity index (χ2n) is 4.32. The van der Waals surface area contributed by atoms with Gasteiger partial charge < -0.3 is 19.7 Å². The molecule has 0 aliphatic carbocycles. The summed E-state index contributed by atoms with van der Waals surface area (Å²) < 4.78 is 5.25. The second kappa shape index (κ2) is 6.20. The summed E-state index contributed by atoms with van der Waals surface area (Å²) >= 11 is 0. The normalized spacial score (nSPS) is 10.7. The van der Waals surface area contributed by atoms with Crippen LogP contribution in [0.4, 0.5) is 0 Å². The molecule has 0 fully saturated rings. The summed E-state index contributed by atoms with van der Waals surface area (Å²) in [4.78, 5) is 24.2. The van der Waals surface area contributed by atoms with Crippen molar-refractivity contribution in [2.24, 2.45) is 0 Å². The second-order valence-corrected chi connectivity index (χ2v) is 4.32. The van der Waals surface area contributed by atoms with Crippen molar-refractivity contribution in [1.82, 2.24) is 10.2 Å². The number of carbonyl (C=O) groups excluding carboxylic acids is 1. The maximum Gasteiger partial charge on any atom is 0.339 e. The predicted molar refractivity (Wildman–Crippen MR) is 65.4 cm³/mol. The molecule has 18 heavy (non-hydrogen) atoms. The molecule has 1 aromatic heterocycles. The van der Waals surface area contributed by atoms with E-state index in [9.17, 15) is 9.59 Å². The lowest BCUT2D eigenvalue weighted by Crippen LogP contribution is -2.26. The minimum absolute atomic E-state index is 0.0883. The van der Waals surface area contributed by atoms with Crippen LogP contribution in [0.1, 0.15) is 28.3 Å². The quantitative estimate of drug-likeness (QED) is 0.786. The lowest BCUT2D eigenvalue weighted by Gasteiger charge is -2.08. The highest BCUT2D eigenvalue weighted by Gasteiger charge is 2.13. The van der Waals surface area contributed by atoms with Crippen molar-refractivity contribution in [3.8, 4) is 0 Å². The van der Waals surface area contributed by atoms with Gasteiger partial charge in [-0.2, -0.15) is 0 Å². The first kappa shape index (κ1) is 14.2. The van der Waals surface area contributed by atoms with E-state index in [0.717, 1.165) is 0 Å². The average molecular weight is 254 g/mol. The highest BCUT2D eigenvalue weighted by Crippen LogP contribution is 2.14. The van der Waals surface area contributed by atoms with Gasteiger partial charge in [0.1, 0.15) is 17.1 Å². The molecule has 0 aliphatic rings. The van der Waals surface area contributed by atoms with Gasteiger partial charge in [-0.15, -0.1) is 0 Å². The molecule has 6 nitrogen and oxygen atoms in total. The van der Waals surface area contributed by atoms with Crippen molar-refractivity contribution in [3.05, 3.63) is 23.2 Å². The van der Waals surface area contributed by atoms with E-state index >= 15 is 0 Å². The number of carboxylic acids is 1. The van der Waals surface area contributed by atoms with E-state index in [4.69, 9.17) is 9.52 Å². The highest BCUT2D eigenvalue weighted by molar-refractivity contribution is 5.88. The fourth-order valence-corrected chi connectivity index (χ4v) is 1.44. The number of carboxylic acid groups (broad SMARTS) is 1. The zero-order valence-corrected chi connectivity index (χ0v) is 10.8. The zero-order valence-electron chi connectivity index (χ0n) is 10.8. The molecule has 6 heteroatoms. The maximum absolute atomic E-state index is 11.5. The van der Waals surface area contributed by atoms with Crippen molar-refractivity contribution in [2.75, 3.05) is 20.6 Å². The summed E-state index contributed by atoms with van der Waals surface area (Å²) in [6.07, 6.45) is 0.401. The smallest absolute Gasteiger partial charge is 0.339 e. The number of hydrogen-bond donors (Lipinski definition) is 2. The molecule has 100 valence electrons. The Morgan fingerprint density at radius 1 is 1.44 bits per heavy atom. The lowest BCUT2D eigenvalue weighted by molar-refractivity contribution is -0.121. The Kier molecular flexibility index (Phi) is 4.91. The standard InChI is InChI=1S/C12H18N2O4/c1-8-10(12(16)17)6-9(18-8)7-13-11(15)4-5-14(2)3/h6H,4-5,7H2,1-3H3,(H,13,15)(H,16,17). The van der Waals surface area contributed by atoms with Gasteiger partial charge in [0.05, 0.1) is 6.54 Å². The highest BCUT2D eigenvalue weighted by atomic mass is 16.4. The lowest BCUT2D eigenvalue weighted by atomic mass is 10.2. The van der Waals surface area contributed by atoms with Crippen LogP contribution in [0.15, 0.2) is 10.5 Å². The Bertz CT molecular complexity index is 437. The molecular weight excluding hydrogens is 236 g/mol. The number of aromatic carboxylic acids is 1. The number of rotatable bonds is 6. The Labute approximate surface area is 106 Å². The number of nitrogens with one attached hydrogen (secondary N) is 1. The third-order valence-electron chi connectivity index (χ3n) is 2.45. The molecule has 0 radical (unpaired) electrons. The summed E-state index contributed by atoms with van der Waals surface area (Å²) in [7, 11) is 3.78. The van der Waals surface area contributed by atoms with Gasteiger partial charge in [-0.3, -0.25) is 4.79 Å². The van der Waals surface area contributed by atoms with Gasteiger partial charge in [0.25, 0.3) is 0 Å². The van der Waals surface area contributed by atoms with Crippen LogP contribution in [0.5, 0.6) is 0 Å². The zero-order chi connectivity index (χ0) is 13.7. The van der Waals surface area contributed by atoms with Gasteiger partial charge in [0, 0.05) is 13.0 Å². The molecule has 0 saturated carbocycles. The van der Waals surface area contributed by atoms with Gasteiger partial charge in [0.2, 0.25) is 5.91 Å². The van der Waals surface area contributed by atoms with Crippen molar-refractivity contribution in [1.29, 1.82) is 0 Å². The molecule has 1 heterocycles. The van der Waals surface area contributed by atoms with Crippen molar-refractivity contribution < 1.29 is 19.1 Å². The van der Waals surface area contributed by atoms with E-state index in [1.165, 1.54) is 6.07 Å². The number of hydrogen-bond acceptors (Lipinski definition) is 4. The molecule has 0 unspecified atom stereocenters. The molecule has 0 atom stereocenters. The van der Waals surface area contributed by atoms with E-state index < -0.39 is 5.97 Å². The number of furan rings is 1.